The molecule has 0 aliphatic carbocycles. The molecule has 0 N–H and O–H groups in total. The minimum absolute atomic E-state index is 0.616. The van der Waals surface area contributed by atoms with Crippen molar-refractivity contribution in [2.24, 2.45) is 0 Å². The third-order valence-corrected chi connectivity index (χ3v) is 9.10. The van der Waals surface area contributed by atoms with Crippen LogP contribution < -0.4 is 4.90 Å². The van der Waals surface area contributed by atoms with Crippen molar-refractivity contribution in [3.05, 3.63) is 182 Å². The van der Waals surface area contributed by atoms with Gasteiger partial charge >= 0.3 is 0 Å². The lowest BCUT2D eigenvalue weighted by Gasteiger charge is -2.28. The molecule has 9 rings (SSSR count). The number of rotatable bonds is 6. The highest BCUT2D eigenvalue weighted by Crippen LogP contribution is 2.43. The van der Waals surface area contributed by atoms with Crippen molar-refractivity contribution in [3.8, 4) is 33.7 Å². The summed E-state index contributed by atoms with van der Waals surface area (Å²) < 4.78 is 6.59. The van der Waals surface area contributed by atoms with E-state index in [-0.39, 0.29) is 0 Å². The Bertz CT molecular complexity index is 2460. The van der Waals surface area contributed by atoms with Gasteiger partial charge in [-0.2, -0.15) is 0 Å². The van der Waals surface area contributed by atoms with Crippen molar-refractivity contribution in [3.63, 3.8) is 0 Å². The van der Waals surface area contributed by atoms with Crippen molar-refractivity contribution in [1.29, 1.82) is 0 Å². The van der Waals surface area contributed by atoms with Crippen LogP contribution in [0.4, 0.5) is 17.1 Å². The standard InChI is InChI=1S/C45H30N2O/c1-3-13-33(14-4-1)39-29-30-40(44-43(39)46-45(48-44)35-17-5-2-6-18-35)34-25-27-36(28-26-34)47(41-23-11-19-31-15-7-9-21-37(31)41)42-24-12-20-32-16-8-10-22-38(32)42/h1-30H. The molecule has 0 fully saturated rings. The van der Waals surface area contributed by atoms with Crippen molar-refractivity contribution >= 4 is 49.7 Å². The van der Waals surface area contributed by atoms with Gasteiger partial charge < -0.3 is 9.32 Å². The van der Waals surface area contributed by atoms with E-state index in [1.807, 2.05) is 36.4 Å². The zero-order chi connectivity index (χ0) is 31.9. The van der Waals surface area contributed by atoms with E-state index in [1.165, 1.54) is 21.5 Å². The first-order chi connectivity index (χ1) is 23.8. The molecule has 0 spiro atoms. The first kappa shape index (κ1) is 27.8. The van der Waals surface area contributed by atoms with Gasteiger partial charge in [0.2, 0.25) is 5.89 Å². The van der Waals surface area contributed by atoms with Crippen molar-refractivity contribution < 1.29 is 4.42 Å². The fourth-order valence-corrected chi connectivity index (χ4v) is 6.79. The van der Waals surface area contributed by atoms with E-state index in [1.54, 1.807) is 0 Å². The third kappa shape index (κ3) is 4.81. The highest BCUT2D eigenvalue weighted by molar-refractivity contribution is 6.05. The largest absolute Gasteiger partial charge is 0.435 e. The van der Waals surface area contributed by atoms with Crippen LogP contribution in [0.1, 0.15) is 0 Å². The maximum absolute atomic E-state index is 6.59. The predicted octanol–water partition coefficient (Wildman–Crippen LogP) is 12.6. The van der Waals surface area contributed by atoms with Gasteiger partial charge in [-0.15, -0.1) is 0 Å². The number of aromatic nitrogens is 1. The first-order valence-electron chi connectivity index (χ1n) is 16.2. The minimum atomic E-state index is 0.616. The van der Waals surface area contributed by atoms with Crippen LogP contribution in [-0.2, 0) is 0 Å². The second-order valence-corrected chi connectivity index (χ2v) is 12.0. The Balaban J connectivity index is 1.21. The average Bonchev–Trinajstić information content (AvgIpc) is 3.62. The highest BCUT2D eigenvalue weighted by Gasteiger charge is 2.20. The molecular weight excluding hydrogens is 585 g/mol. The van der Waals surface area contributed by atoms with Gasteiger partial charge in [-0.05, 0) is 64.4 Å². The van der Waals surface area contributed by atoms with Crippen LogP contribution in [0.2, 0.25) is 0 Å². The van der Waals surface area contributed by atoms with Crippen molar-refractivity contribution in [2.75, 3.05) is 4.90 Å². The second-order valence-electron chi connectivity index (χ2n) is 12.0. The molecular formula is C45H30N2O. The zero-order valence-corrected chi connectivity index (χ0v) is 26.1. The van der Waals surface area contributed by atoms with Gasteiger partial charge in [-0.1, -0.05) is 140 Å². The van der Waals surface area contributed by atoms with Crippen LogP contribution >= 0.6 is 0 Å². The van der Waals surface area contributed by atoms with Crippen LogP contribution in [0, 0.1) is 0 Å². The molecule has 48 heavy (non-hydrogen) atoms. The summed E-state index contributed by atoms with van der Waals surface area (Å²) in [6, 6.07) is 63.9. The number of hydrogen-bond donors (Lipinski definition) is 0. The Labute approximate surface area is 279 Å². The highest BCUT2D eigenvalue weighted by atomic mass is 16.3. The quantitative estimate of drug-likeness (QED) is 0.187. The molecule has 3 heteroatoms. The number of fused-ring (bicyclic) bond motifs is 3. The molecule has 226 valence electrons. The normalized spacial score (nSPS) is 11.3. The Morgan fingerprint density at radius 1 is 0.396 bits per heavy atom. The first-order valence-corrected chi connectivity index (χ1v) is 16.2. The monoisotopic (exact) mass is 614 g/mol. The summed E-state index contributed by atoms with van der Waals surface area (Å²) in [6.45, 7) is 0. The number of oxazole rings is 1. The summed E-state index contributed by atoms with van der Waals surface area (Å²) in [5, 5.41) is 4.81. The summed E-state index contributed by atoms with van der Waals surface area (Å²) in [5.74, 6) is 0.616. The summed E-state index contributed by atoms with van der Waals surface area (Å²) in [6.07, 6.45) is 0. The Morgan fingerprint density at radius 3 is 1.52 bits per heavy atom. The molecule has 1 heterocycles. The zero-order valence-electron chi connectivity index (χ0n) is 26.1. The number of nitrogens with zero attached hydrogens (tertiary/aromatic N) is 2. The fourth-order valence-electron chi connectivity index (χ4n) is 6.79. The van der Waals surface area contributed by atoms with Crippen LogP contribution in [0.25, 0.3) is 66.4 Å². The molecule has 0 unspecified atom stereocenters. The maximum atomic E-state index is 6.59. The van der Waals surface area contributed by atoms with Crippen molar-refractivity contribution in [2.45, 2.75) is 0 Å². The van der Waals surface area contributed by atoms with Gasteiger partial charge in [-0.25, -0.2) is 4.98 Å². The summed E-state index contributed by atoms with van der Waals surface area (Å²) >= 11 is 0. The molecule has 0 atom stereocenters. The van der Waals surface area contributed by atoms with E-state index in [2.05, 4.69) is 150 Å². The maximum Gasteiger partial charge on any atom is 0.227 e. The van der Waals surface area contributed by atoms with Crippen LogP contribution in [0.3, 0.4) is 0 Å². The predicted molar refractivity (Wildman–Crippen MR) is 200 cm³/mol. The van der Waals surface area contributed by atoms with E-state index >= 15 is 0 Å². The average molecular weight is 615 g/mol. The van der Waals surface area contributed by atoms with Gasteiger partial charge in [0.25, 0.3) is 0 Å². The van der Waals surface area contributed by atoms with E-state index in [9.17, 15) is 0 Å². The summed E-state index contributed by atoms with van der Waals surface area (Å²) in [7, 11) is 0. The Hall–Kier alpha value is -6.45. The fraction of sp³-hybridized carbons (Fsp3) is 0. The van der Waals surface area contributed by atoms with Crippen LogP contribution in [0.5, 0.6) is 0 Å². The molecule has 3 nitrogen and oxygen atoms in total. The second kappa shape index (κ2) is 11.7. The van der Waals surface area contributed by atoms with Gasteiger partial charge in [-0.3, -0.25) is 0 Å². The smallest absolute Gasteiger partial charge is 0.227 e. The molecule has 0 radical (unpaired) electrons. The van der Waals surface area contributed by atoms with Gasteiger partial charge in [0.15, 0.2) is 5.58 Å². The van der Waals surface area contributed by atoms with Crippen LogP contribution in [-0.4, -0.2) is 4.98 Å². The molecule has 0 amide bonds. The molecule has 0 saturated heterocycles. The molecule has 0 bridgehead atoms. The molecule has 0 saturated carbocycles. The number of anilines is 3. The molecule has 9 aromatic rings. The molecule has 0 aliphatic heterocycles. The Kier molecular flexibility index (Phi) is 6.80. The Morgan fingerprint density at radius 2 is 0.896 bits per heavy atom. The van der Waals surface area contributed by atoms with E-state index in [0.29, 0.717) is 5.89 Å². The molecule has 0 aliphatic rings. The lowest BCUT2D eigenvalue weighted by atomic mass is 9.98. The lowest BCUT2D eigenvalue weighted by Crippen LogP contribution is -2.11. The summed E-state index contributed by atoms with van der Waals surface area (Å²) in [5.41, 5.74) is 10.2. The van der Waals surface area contributed by atoms with E-state index in [4.69, 9.17) is 9.40 Å². The minimum Gasteiger partial charge on any atom is -0.435 e. The van der Waals surface area contributed by atoms with Gasteiger partial charge in [0, 0.05) is 33.2 Å². The molecule has 1 aromatic heterocycles. The SMILES string of the molecule is c1ccc(-c2nc3c(-c4ccccc4)ccc(-c4ccc(N(c5cccc6ccccc56)c5cccc6ccccc56)cc4)c3o2)cc1. The van der Waals surface area contributed by atoms with E-state index < -0.39 is 0 Å². The number of benzene rings is 8. The van der Waals surface area contributed by atoms with Gasteiger partial charge in [0.1, 0.15) is 5.52 Å². The number of hydrogen-bond acceptors (Lipinski definition) is 3. The topological polar surface area (TPSA) is 29.3 Å². The van der Waals surface area contributed by atoms with Crippen LogP contribution in [0.15, 0.2) is 186 Å². The van der Waals surface area contributed by atoms with E-state index in [0.717, 1.165) is 56.0 Å². The van der Waals surface area contributed by atoms with Gasteiger partial charge in [0.05, 0.1) is 11.4 Å². The van der Waals surface area contributed by atoms with Crippen molar-refractivity contribution in [1.82, 2.24) is 4.98 Å². The summed E-state index contributed by atoms with van der Waals surface area (Å²) in [4.78, 5) is 7.43. The lowest BCUT2D eigenvalue weighted by molar-refractivity contribution is 0.621. The third-order valence-electron chi connectivity index (χ3n) is 9.10. The molecule has 8 aromatic carbocycles.